The van der Waals surface area contributed by atoms with E-state index in [1.54, 1.807) is 25.2 Å². The molecule has 0 spiro atoms. The SMILES string of the molecule is CC(C)(C#N)c1nc(Cc2csc(-c3ccccc3)n2)no1. The van der Waals surface area contributed by atoms with E-state index in [4.69, 9.17) is 9.78 Å². The summed E-state index contributed by atoms with van der Waals surface area (Å²) in [4.78, 5) is 8.89. The Morgan fingerprint density at radius 1 is 1.23 bits per heavy atom. The van der Waals surface area contributed by atoms with Crippen LogP contribution >= 0.6 is 11.3 Å². The number of hydrogen-bond acceptors (Lipinski definition) is 6. The van der Waals surface area contributed by atoms with Crippen LogP contribution in [0.1, 0.15) is 31.3 Å². The molecule has 0 fully saturated rings. The van der Waals surface area contributed by atoms with Gasteiger partial charge in [0.05, 0.1) is 18.2 Å². The minimum atomic E-state index is -0.775. The molecule has 6 heteroatoms. The number of hydrogen-bond donors (Lipinski definition) is 0. The highest BCUT2D eigenvalue weighted by atomic mass is 32.1. The Morgan fingerprint density at radius 3 is 2.73 bits per heavy atom. The van der Waals surface area contributed by atoms with Crippen LogP contribution in [0, 0.1) is 11.3 Å². The van der Waals surface area contributed by atoms with E-state index in [1.165, 1.54) is 0 Å². The number of benzene rings is 1. The maximum atomic E-state index is 9.09. The van der Waals surface area contributed by atoms with Gasteiger partial charge in [-0.25, -0.2) is 4.98 Å². The fourth-order valence-electron chi connectivity index (χ4n) is 1.89. The minimum Gasteiger partial charge on any atom is -0.338 e. The maximum Gasteiger partial charge on any atom is 0.246 e. The van der Waals surface area contributed by atoms with Crippen molar-refractivity contribution in [2.45, 2.75) is 25.7 Å². The smallest absolute Gasteiger partial charge is 0.246 e. The zero-order valence-electron chi connectivity index (χ0n) is 12.3. The number of thiazole rings is 1. The first-order chi connectivity index (χ1) is 10.6. The predicted octanol–water partition coefficient (Wildman–Crippen LogP) is 3.59. The third kappa shape index (κ3) is 2.90. The molecule has 22 heavy (non-hydrogen) atoms. The molecule has 0 N–H and O–H groups in total. The Balaban J connectivity index is 1.78. The molecule has 2 aromatic heterocycles. The van der Waals surface area contributed by atoms with Gasteiger partial charge in [-0.05, 0) is 13.8 Å². The van der Waals surface area contributed by atoms with E-state index in [1.807, 2.05) is 35.7 Å². The molecule has 0 aliphatic heterocycles. The molecule has 0 saturated carbocycles. The Bertz CT molecular complexity index is 814. The molecule has 0 unspecified atom stereocenters. The highest BCUT2D eigenvalue weighted by molar-refractivity contribution is 7.13. The molecule has 0 bridgehead atoms. The third-order valence-corrected chi connectivity index (χ3v) is 4.13. The molecule has 3 rings (SSSR count). The summed E-state index contributed by atoms with van der Waals surface area (Å²) in [7, 11) is 0. The van der Waals surface area contributed by atoms with Gasteiger partial charge in [-0.1, -0.05) is 35.5 Å². The summed E-state index contributed by atoms with van der Waals surface area (Å²) in [5.74, 6) is 0.881. The highest BCUT2D eigenvalue weighted by Gasteiger charge is 2.27. The van der Waals surface area contributed by atoms with Crippen LogP contribution in [0.15, 0.2) is 40.2 Å². The third-order valence-electron chi connectivity index (χ3n) is 3.19. The van der Waals surface area contributed by atoms with Gasteiger partial charge in [0.1, 0.15) is 10.4 Å². The van der Waals surface area contributed by atoms with E-state index in [0.717, 1.165) is 16.3 Å². The van der Waals surface area contributed by atoms with Crippen molar-refractivity contribution in [3.05, 3.63) is 53.1 Å². The Kier molecular flexibility index (Phi) is 3.73. The summed E-state index contributed by atoms with van der Waals surface area (Å²) in [5, 5.41) is 16.0. The van der Waals surface area contributed by atoms with Crippen LogP contribution in [-0.4, -0.2) is 15.1 Å². The van der Waals surface area contributed by atoms with E-state index in [0.29, 0.717) is 18.1 Å². The molecular weight excluding hydrogens is 296 g/mol. The summed E-state index contributed by atoms with van der Waals surface area (Å²) < 4.78 is 5.18. The van der Waals surface area contributed by atoms with Crippen LogP contribution in [-0.2, 0) is 11.8 Å². The van der Waals surface area contributed by atoms with Crippen molar-refractivity contribution in [2.24, 2.45) is 0 Å². The minimum absolute atomic E-state index is 0.337. The van der Waals surface area contributed by atoms with Crippen molar-refractivity contribution in [3.8, 4) is 16.6 Å². The molecule has 0 amide bonds. The number of nitriles is 1. The molecule has 2 heterocycles. The summed E-state index contributed by atoms with van der Waals surface area (Å²) in [6.45, 7) is 3.50. The van der Waals surface area contributed by atoms with Crippen molar-refractivity contribution < 1.29 is 4.52 Å². The summed E-state index contributed by atoms with van der Waals surface area (Å²) in [6, 6.07) is 12.2. The van der Waals surface area contributed by atoms with E-state index in [-0.39, 0.29) is 0 Å². The van der Waals surface area contributed by atoms with Gasteiger partial charge in [-0.3, -0.25) is 0 Å². The average Bonchev–Trinajstić information content (AvgIpc) is 3.18. The van der Waals surface area contributed by atoms with E-state index in [2.05, 4.69) is 21.2 Å². The second-order valence-electron chi connectivity index (χ2n) is 5.44. The van der Waals surface area contributed by atoms with Crippen LogP contribution in [0.4, 0.5) is 0 Å². The summed E-state index contributed by atoms with van der Waals surface area (Å²) in [5.41, 5.74) is 1.21. The van der Waals surface area contributed by atoms with E-state index in [9.17, 15) is 0 Å². The topological polar surface area (TPSA) is 75.6 Å². The van der Waals surface area contributed by atoms with Gasteiger partial charge in [0.2, 0.25) is 5.89 Å². The Labute approximate surface area is 132 Å². The van der Waals surface area contributed by atoms with Gasteiger partial charge in [0.25, 0.3) is 0 Å². The lowest BCUT2D eigenvalue weighted by molar-refractivity contribution is 0.337. The Morgan fingerprint density at radius 2 is 2.00 bits per heavy atom. The van der Waals surface area contributed by atoms with Crippen LogP contribution in [0.3, 0.4) is 0 Å². The highest BCUT2D eigenvalue weighted by Crippen LogP contribution is 2.25. The molecule has 0 atom stereocenters. The summed E-state index contributed by atoms with van der Waals surface area (Å²) >= 11 is 1.59. The molecule has 5 nitrogen and oxygen atoms in total. The van der Waals surface area contributed by atoms with Gasteiger partial charge in [0, 0.05) is 10.9 Å². The number of aromatic nitrogens is 3. The van der Waals surface area contributed by atoms with Crippen molar-refractivity contribution >= 4 is 11.3 Å². The lowest BCUT2D eigenvalue weighted by Crippen LogP contribution is -2.14. The zero-order chi connectivity index (χ0) is 15.6. The largest absolute Gasteiger partial charge is 0.338 e. The molecule has 0 saturated heterocycles. The molecule has 1 aromatic carbocycles. The lowest BCUT2D eigenvalue weighted by Gasteiger charge is -2.06. The zero-order valence-corrected chi connectivity index (χ0v) is 13.1. The van der Waals surface area contributed by atoms with Crippen molar-refractivity contribution in [1.29, 1.82) is 5.26 Å². The van der Waals surface area contributed by atoms with Crippen molar-refractivity contribution in [3.63, 3.8) is 0 Å². The van der Waals surface area contributed by atoms with Gasteiger partial charge < -0.3 is 4.52 Å². The summed E-state index contributed by atoms with van der Waals surface area (Å²) in [6.07, 6.45) is 0.494. The molecule has 0 aliphatic carbocycles. The quantitative estimate of drug-likeness (QED) is 0.736. The van der Waals surface area contributed by atoms with E-state index >= 15 is 0 Å². The first kappa shape index (κ1) is 14.4. The van der Waals surface area contributed by atoms with E-state index < -0.39 is 5.41 Å². The first-order valence-electron chi connectivity index (χ1n) is 6.82. The van der Waals surface area contributed by atoms with Gasteiger partial charge in [0.15, 0.2) is 5.82 Å². The maximum absolute atomic E-state index is 9.09. The molecule has 0 radical (unpaired) electrons. The predicted molar refractivity (Wildman–Crippen MR) is 83.3 cm³/mol. The number of nitrogens with zero attached hydrogens (tertiary/aromatic N) is 4. The van der Waals surface area contributed by atoms with Crippen LogP contribution < -0.4 is 0 Å². The van der Waals surface area contributed by atoms with Gasteiger partial charge in [-0.15, -0.1) is 11.3 Å². The Hall–Kier alpha value is -2.52. The second-order valence-corrected chi connectivity index (χ2v) is 6.30. The fraction of sp³-hybridized carbons (Fsp3) is 0.250. The molecule has 110 valence electrons. The van der Waals surface area contributed by atoms with Gasteiger partial charge >= 0.3 is 0 Å². The fourth-order valence-corrected chi connectivity index (χ4v) is 2.72. The van der Waals surface area contributed by atoms with Crippen LogP contribution in [0.25, 0.3) is 10.6 Å². The van der Waals surface area contributed by atoms with Crippen LogP contribution in [0.5, 0.6) is 0 Å². The van der Waals surface area contributed by atoms with Crippen molar-refractivity contribution in [2.75, 3.05) is 0 Å². The molecule has 0 aliphatic rings. The van der Waals surface area contributed by atoms with Crippen molar-refractivity contribution in [1.82, 2.24) is 15.1 Å². The van der Waals surface area contributed by atoms with Gasteiger partial charge in [-0.2, -0.15) is 10.2 Å². The number of rotatable bonds is 4. The second kappa shape index (κ2) is 5.70. The average molecular weight is 310 g/mol. The lowest BCUT2D eigenvalue weighted by atomic mass is 9.96. The molecule has 3 aromatic rings. The molecular formula is C16H14N4OS. The normalized spacial score (nSPS) is 11.3. The monoisotopic (exact) mass is 310 g/mol. The standard InChI is InChI=1S/C16H14N4OS/c1-16(2,10-17)15-19-13(20-21-15)8-12-9-22-14(18-12)11-6-4-3-5-7-11/h3-7,9H,8H2,1-2H3. The van der Waals surface area contributed by atoms with Crippen LogP contribution in [0.2, 0.25) is 0 Å². The first-order valence-corrected chi connectivity index (χ1v) is 7.70.